The van der Waals surface area contributed by atoms with Crippen LogP contribution in [0.5, 0.6) is 0 Å². The van der Waals surface area contributed by atoms with Crippen LogP contribution in [0.3, 0.4) is 0 Å². The molecule has 0 saturated heterocycles. The highest BCUT2D eigenvalue weighted by molar-refractivity contribution is 5.95. The molecule has 21 heavy (non-hydrogen) atoms. The quantitative estimate of drug-likeness (QED) is 0.513. The zero-order chi connectivity index (χ0) is 14.4. The number of hydrogen-bond donors (Lipinski definition) is 0. The van der Waals surface area contributed by atoms with E-state index in [1.54, 1.807) is 12.1 Å². The van der Waals surface area contributed by atoms with Crippen molar-refractivity contribution in [2.24, 2.45) is 0 Å². The standard InChI is InChI=1S/C18H12O3/c1-11-6-8-12(9-7-11)17-18-14(10-20-17)16(19)13-4-2-3-5-15(13)21-18/h2-10H,1H3. The van der Waals surface area contributed by atoms with Gasteiger partial charge in [0.1, 0.15) is 17.2 Å². The molecule has 0 atom stereocenters. The van der Waals surface area contributed by atoms with E-state index in [4.69, 9.17) is 8.83 Å². The lowest BCUT2D eigenvalue weighted by Gasteiger charge is -2.00. The van der Waals surface area contributed by atoms with Crippen LogP contribution in [0.1, 0.15) is 5.56 Å². The van der Waals surface area contributed by atoms with Crippen LogP contribution in [0.15, 0.2) is 68.4 Å². The Morgan fingerprint density at radius 2 is 1.67 bits per heavy atom. The highest BCUT2D eigenvalue weighted by atomic mass is 16.4. The summed E-state index contributed by atoms with van der Waals surface area (Å²) in [5, 5.41) is 1.05. The molecule has 2 aromatic carbocycles. The summed E-state index contributed by atoms with van der Waals surface area (Å²) < 4.78 is 11.5. The average molecular weight is 276 g/mol. The van der Waals surface area contributed by atoms with E-state index in [1.165, 1.54) is 11.8 Å². The third-order valence-electron chi connectivity index (χ3n) is 3.65. The van der Waals surface area contributed by atoms with Crippen LogP contribution >= 0.6 is 0 Å². The summed E-state index contributed by atoms with van der Waals surface area (Å²) in [6, 6.07) is 15.2. The topological polar surface area (TPSA) is 43.4 Å². The van der Waals surface area contributed by atoms with Crippen molar-refractivity contribution < 1.29 is 8.83 Å². The Morgan fingerprint density at radius 3 is 2.48 bits per heavy atom. The van der Waals surface area contributed by atoms with Crippen LogP contribution in [0.25, 0.3) is 33.3 Å². The Morgan fingerprint density at radius 1 is 0.905 bits per heavy atom. The number of aryl methyl sites for hydroxylation is 1. The molecule has 0 aliphatic rings. The fourth-order valence-corrected chi connectivity index (χ4v) is 2.51. The molecule has 0 aliphatic carbocycles. The Balaban J connectivity index is 2.08. The van der Waals surface area contributed by atoms with E-state index in [2.05, 4.69) is 0 Å². The van der Waals surface area contributed by atoms with Crippen molar-refractivity contribution in [3.63, 3.8) is 0 Å². The molecule has 0 unspecified atom stereocenters. The molecule has 0 saturated carbocycles. The summed E-state index contributed by atoms with van der Waals surface area (Å²) in [5.74, 6) is 0.591. The minimum atomic E-state index is -0.0611. The smallest absolute Gasteiger partial charge is 0.203 e. The fourth-order valence-electron chi connectivity index (χ4n) is 2.51. The molecule has 0 radical (unpaired) electrons. The average Bonchev–Trinajstić information content (AvgIpc) is 2.92. The predicted molar refractivity (Wildman–Crippen MR) is 82.4 cm³/mol. The second kappa shape index (κ2) is 4.35. The van der Waals surface area contributed by atoms with E-state index < -0.39 is 0 Å². The van der Waals surface area contributed by atoms with E-state index in [-0.39, 0.29) is 5.43 Å². The third-order valence-corrected chi connectivity index (χ3v) is 3.65. The summed E-state index contributed by atoms with van der Waals surface area (Å²) in [4.78, 5) is 12.5. The van der Waals surface area contributed by atoms with Crippen molar-refractivity contribution in [3.05, 3.63) is 70.6 Å². The van der Waals surface area contributed by atoms with Gasteiger partial charge < -0.3 is 8.83 Å². The van der Waals surface area contributed by atoms with Gasteiger partial charge in [0.05, 0.1) is 5.39 Å². The van der Waals surface area contributed by atoms with E-state index in [9.17, 15) is 4.79 Å². The number of para-hydroxylation sites is 1. The molecule has 0 fully saturated rings. The molecule has 0 amide bonds. The molecule has 0 N–H and O–H groups in total. The minimum Gasteiger partial charge on any atom is -0.459 e. The summed E-state index contributed by atoms with van der Waals surface area (Å²) in [7, 11) is 0. The van der Waals surface area contributed by atoms with Crippen LogP contribution in [-0.2, 0) is 0 Å². The monoisotopic (exact) mass is 276 g/mol. The van der Waals surface area contributed by atoms with E-state index >= 15 is 0 Å². The SMILES string of the molecule is Cc1ccc(-c2occ3c(=O)c4ccccc4oc23)cc1. The van der Waals surface area contributed by atoms with E-state index in [0.29, 0.717) is 27.7 Å². The first-order valence-corrected chi connectivity index (χ1v) is 6.74. The van der Waals surface area contributed by atoms with Crippen LogP contribution in [0.4, 0.5) is 0 Å². The second-order valence-corrected chi connectivity index (χ2v) is 5.10. The minimum absolute atomic E-state index is 0.0611. The maximum Gasteiger partial charge on any atom is 0.203 e. The molecule has 3 nitrogen and oxygen atoms in total. The lowest BCUT2D eigenvalue weighted by molar-refractivity contribution is 0.575. The van der Waals surface area contributed by atoms with Gasteiger partial charge in [-0.3, -0.25) is 4.79 Å². The maximum absolute atomic E-state index is 12.5. The molecule has 4 rings (SSSR count). The third kappa shape index (κ3) is 1.78. The molecule has 102 valence electrons. The molecular weight excluding hydrogens is 264 g/mol. The maximum atomic E-state index is 12.5. The Labute approximate surface area is 120 Å². The summed E-state index contributed by atoms with van der Waals surface area (Å²) in [6.07, 6.45) is 1.47. The highest BCUT2D eigenvalue weighted by Crippen LogP contribution is 2.31. The van der Waals surface area contributed by atoms with Gasteiger partial charge in [0.25, 0.3) is 0 Å². The van der Waals surface area contributed by atoms with Gasteiger partial charge in [-0.15, -0.1) is 0 Å². The fraction of sp³-hybridized carbons (Fsp3) is 0.0556. The van der Waals surface area contributed by atoms with Crippen LogP contribution in [0, 0.1) is 6.92 Å². The van der Waals surface area contributed by atoms with Gasteiger partial charge in [-0.05, 0) is 19.1 Å². The predicted octanol–water partition coefficient (Wildman–Crippen LogP) is 4.51. The molecule has 2 heterocycles. The first-order valence-electron chi connectivity index (χ1n) is 6.74. The number of benzene rings is 2. The first-order chi connectivity index (χ1) is 10.2. The normalized spacial score (nSPS) is 11.3. The summed E-state index contributed by atoms with van der Waals surface area (Å²) in [6.45, 7) is 2.03. The largest absolute Gasteiger partial charge is 0.459 e. The van der Waals surface area contributed by atoms with Gasteiger partial charge in [0.2, 0.25) is 5.43 Å². The molecule has 4 aromatic rings. The van der Waals surface area contributed by atoms with Crippen molar-refractivity contribution in [1.82, 2.24) is 0 Å². The van der Waals surface area contributed by atoms with Crippen molar-refractivity contribution in [2.45, 2.75) is 6.92 Å². The van der Waals surface area contributed by atoms with Gasteiger partial charge >= 0.3 is 0 Å². The highest BCUT2D eigenvalue weighted by Gasteiger charge is 2.16. The van der Waals surface area contributed by atoms with E-state index in [0.717, 1.165) is 5.56 Å². The van der Waals surface area contributed by atoms with Gasteiger partial charge in [-0.1, -0.05) is 42.0 Å². The van der Waals surface area contributed by atoms with Gasteiger partial charge in [-0.25, -0.2) is 0 Å². The Hall–Kier alpha value is -2.81. The molecule has 3 heteroatoms. The Kier molecular flexibility index (Phi) is 2.48. The van der Waals surface area contributed by atoms with Gasteiger partial charge in [0.15, 0.2) is 11.3 Å². The number of rotatable bonds is 1. The van der Waals surface area contributed by atoms with Crippen LogP contribution in [-0.4, -0.2) is 0 Å². The van der Waals surface area contributed by atoms with Crippen LogP contribution in [0.2, 0.25) is 0 Å². The second-order valence-electron chi connectivity index (χ2n) is 5.10. The molecule has 0 spiro atoms. The van der Waals surface area contributed by atoms with Crippen molar-refractivity contribution in [1.29, 1.82) is 0 Å². The number of fused-ring (bicyclic) bond motifs is 2. The lowest BCUT2D eigenvalue weighted by atomic mass is 10.1. The number of hydrogen-bond acceptors (Lipinski definition) is 3. The molecule has 0 bridgehead atoms. The Bertz CT molecular complexity index is 1000. The summed E-state index contributed by atoms with van der Waals surface area (Å²) >= 11 is 0. The first kappa shape index (κ1) is 12.0. The molecule has 0 aliphatic heterocycles. The molecule has 2 aromatic heterocycles. The van der Waals surface area contributed by atoms with Gasteiger partial charge in [0, 0.05) is 5.56 Å². The zero-order valence-electron chi connectivity index (χ0n) is 11.4. The van der Waals surface area contributed by atoms with Crippen LogP contribution < -0.4 is 5.43 Å². The van der Waals surface area contributed by atoms with Gasteiger partial charge in [-0.2, -0.15) is 0 Å². The molecular formula is C18H12O3. The zero-order valence-corrected chi connectivity index (χ0v) is 11.4. The summed E-state index contributed by atoms with van der Waals surface area (Å²) in [5.41, 5.74) is 3.08. The van der Waals surface area contributed by atoms with Crippen molar-refractivity contribution in [2.75, 3.05) is 0 Å². The van der Waals surface area contributed by atoms with E-state index in [1.807, 2.05) is 43.3 Å². The van der Waals surface area contributed by atoms with Crippen molar-refractivity contribution in [3.8, 4) is 11.3 Å². The van der Waals surface area contributed by atoms with Crippen molar-refractivity contribution >= 4 is 21.9 Å². The lowest BCUT2D eigenvalue weighted by Crippen LogP contribution is -1.99. The number of furan rings is 1.